The number of halogens is 8. The number of aromatic nitrogens is 5. The van der Waals surface area contributed by atoms with E-state index in [1.165, 1.54) is 16.9 Å². The zero-order valence-electron chi connectivity index (χ0n) is 22.8. The first-order valence-corrected chi connectivity index (χ1v) is 13.9. The maximum absolute atomic E-state index is 13.8. The lowest BCUT2D eigenvalue weighted by atomic mass is 10.0. The van der Waals surface area contributed by atoms with Gasteiger partial charge in [-0.15, -0.1) is 11.3 Å². The zero-order valence-corrected chi connectivity index (χ0v) is 24.4. The molecule has 0 fully saturated rings. The summed E-state index contributed by atoms with van der Waals surface area (Å²) >= 11 is 6.20. The van der Waals surface area contributed by atoms with Crippen LogP contribution in [0.25, 0.3) is 21.3 Å². The Morgan fingerprint density at radius 2 is 1.84 bits per heavy atom. The number of hydrogen-bond donors (Lipinski definition) is 2. The molecule has 0 saturated carbocycles. The smallest absolute Gasteiger partial charge is 0.433 e. The molecule has 0 bridgehead atoms. The number of furan rings is 1. The third-order valence-electron chi connectivity index (χ3n) is 6.54. The van der Waals surface area contributed by atoms with Crippen LogP contribution in [-0.2, 0) is 19.3 Å². The summed E-state index contributed by atoms with van der Waals surface area (Å²) in [6.45, 7) is 3.13. The van der Waals surface area contributed by atoms with Crippen molar-refractivity contribution in [2.24, 2.45) is 5.73 Å². The van der Waals surface area contributed by atoms with Gasteiger partial charge in [-0.3, -0.25) is 19.0 Å². The molecule has 5 heterocycles. The Morgan fingerprint density at radius 3 is 2.42 bits per heavy atom. The fraction of sp³-hybridized carbons (Fsp3) is 0.269. The summed E-state index contributed by atoms with van der Waals surface area (Å²) in [5.41, 5.74) is 2.58. The van der Waals surface area contributed by atoms with Crippen LogP contribution >= 0.6 is 22.9 Å². The van der Waals surface area contributed by atoms with Crippen molar-refractivity contribution in [2.75, 3.05) is 5.32 Å². The molecule has 3 N–H and O–H groups in total. The highest BCUT2D eigenvalue weighted by atomic mass is 35.5. The topological polar surface area (TPSA) is 134 Å². The zero-order chi connectivity index (χ0) is 33.0. The predicted octanol–water partition coefficient (Wildman–Crippen LogP) is 7.22. The van der Waals surface area contributed by atoms with Gasteiger partial charge in [0.05, 0.1) is 22.9 Å². The van der Waals surface area contributed by atoms with Crippen LogP contribution in [0, 0.1) is 6.92 Å². The van der Waals surface area contributed by atoms with E-state index >= 15 is 0 Å². The standard InChI is InChI=1S/C26H19ClF7N7O3S/c1-3-40-8-12(9(2)38-40)11-6-14(26(32,33)34)36-25-15(11)17(20(45-25)23(35)42)37-24(43)13-5-4-10(44-13)7-41-19(22(30)31)16(27)18(39-41)21(28)29/h4-6,8,21-22H,3,7H2,1-2H3,(H2,35,42)(H,37,43). The average molecular weight is 678 g/mol. The molecule has 0 atom stereocenters. The van der Waals surface area contributed by atoms with E-state index in [9.17, 15) is 40.3 Å². The van der Waals surface area contributed by atoms with Crippen molar-refractivity contribution >= 4 is 50.7 Å². The first kappa shape index (κ1) is 32.0. The highest BCUT2D eigenvalue weighted by Gasteiger charge is 2.36. The van der Waals surface area contributed by atoms with Crippen LogP contribution < -0.4 is 11.1 Å². The van der Waals surface area contributed by atoms with Gasteiger partial charge in [0.15, 0.2) is 5.76 Å². The number of aryl methyl sites for hydroxylation is 2. The largest absolute Gasteiger partial charge is 0.454 e. The van der Waals surface area contributed by atoms with Gasteiger partial charge in [-0.05, 0) is 37.6 Å². The first-order chi connectivity index (χ1) is 21.1. The van der Waals surface area contributed by atoms with Crippen molar-refractivity contribution in [1.82, 2.24) is 24.5 Å². The summed E-state index contributed by atoms with van der Waals surface area (Å²) in [7, 11) is 0. The Bertz CT molecular complexity index is 1940. The van der Waals surface area contributed by atoms with Crippen LogP contribution in [-0.4, -0.2) is 36.4 Å². The number of amides is 2. The minimum Gasteiger partial charge on any atom is -0.454 e. The van der Waals surface area contributed by atoms with E-state index in [-0.39, 0.29) is 37.7 Å². The van der Waals surface area contributed by atoms with E-state index in [1.54, 1.807) is 13.8 Å². The SMILES string of the molecule is CCn1cc(-c2cc(C(F)(F)F)nc3sc(C(N)=O)c(NC(=O)c4ccc(Cn5nc(C(F)F)c(Cl)c5C(F)F)o4)c23)c(C)n1. The summed E-state index contributed by atoms with van der Waals surface area (Å²) in [6.07, 6.45) is -9.85. The number of hydrogen-bond acceptors (Lipinski definition) is 7. The Kier molecular flexibility index (Phi) is 8.39. The predicted molar refractivity (Wildman–Crippen MR) is 148 cm³/mol. The molecule has 0 unspecified atom stereocenters. The number of carbonyl (C=O) groups excluding carboxylic acids is 2. The van der Waals surface area contributed by atoms with Crippen molar-refractivity contribution < 1.29 is 44.7 Å². The molecule has 0 saturated heterocycles. The summed E-state index contributed by atoms with van der Waals surface area (Å²) < 4.78 is 102. The lowest BCUT2D eigenvalue weighted by Crippen LogP contribution is -2.16. The number of nitrogens with one attached hydrogen (secondary N) is 1. The third-order valence-corrected chi connectivity index (χ3v) is 8.02. The van der Waals surface area contributed by atoms with Gasteiger partial charge in [0, 0.05) is 23.7 Å². The molecule has 0 aliphatic carbocycles. The molecular formula is C26H19ClF7N7O3S. The van der Waals surface area contributed by atoms with Crippen LogP contribution in [0.15, 0.2) is 28.8 Å². The minimum atomic E-state index is -4.86. The molecule has 5 aromatic rings. The van der Waals surface area contributed by atoms with Crippen molar-refractivity contribution in [3.63, 3.8) is 0 Å². The number of rotatable bonds is 9. The second-order valence-corrected chi connectivity index (χ2v) is 10.8. The van der Waals surface area contributed by atoms with Gasteiger partial charge in [0.25, 0.3) is 24.7 Å². The van der Waals surface area contributed by atoms with Gasteiger partial charge in [0.2, 0.25) is 0 Å². The number of carbonyl (C=O) groups is 2. The van der Waals surface area contributed by atoms with Crippen molar-refractivity contribution in [1.29, 1.82) is 0 Å². The van der Waals surface area contributed by atoms with Crippen LogP contribution in [0.5, 0.6) is 0 Å². The number of fused-ring (bicyclic) bond motifs is 1. The quantitative estimate of drug-likeness (QED) is 0.158. The lowest BCUT2D eigenvalue weighted by Gasteiger charge is -2.11. The molecule has 10 nitrogen and oxygen atoms in total. The molecule has 5 aromatic heterocycles. The molecular weight excluding hydrogens is 659 g/mol. The summed E-state index contributed by atoms with van der Waals surface area (Å²) in [4.78, 5) is 28.8. The number of pyridine rings is 1. The summed E-state index contributed by atoms with van der Waals surface area (Å²) in [5, 5.41) is 9.22. The molecule has 238 valence electrons. The Labute approximate surface area is 256 Å². The molecule has 2 amide bonds. The van der Waals surface area contributed by atoms with Crippen LogP contribution in [0.1, 0.15) is 68.5 Å². The normalized spacial score (nSPS) is 12.2. The molecule has 0 aromatic carbocycles. The van der Waals surface area contributed by atoms with Crippen LogP contribution in [0.3, 0.4) is 0 Å². The van der Waals surface area contributed by atoms with Gasteiger partial charge < -0.3 is 15.5 Å². The fourth-order valence-corrected chi connectivity index (χ4v) is 5.85. The monoisotopic (exact) mass is 677 g/mol. The number of anilines is 1. The number of thiophene rings is 1. The van der Waals surface area contributed by atoms with Crippen molar-refractivity contribution in [3.05, 3.63) is 68.6 Å². The molecule has 45 heavy (non-hydrogen) atoms. The lowest BCUT2D eigenvalue weighted by molar-refractivity contribution is -0.140. The number of nitrogens with two attached hydrogens (primary N) is 1. The second-order valence-electron chi connectivity index (χ2n) is 9.45. The summed E-state index contributed by atoms with van der Waals surface area (Å²) in [6, 6.07) is 3.09. The number of alkyl halides is 7. The summed E-state index contributed by atoms with van der Waals surface area (Å²) in [5.74, 6) is -2.66. The first-order valence-electron chi connectivity index (χ1n) is 12.7. The maximum Gasteiger partial charge on any atom is 0.433 e. The maximum atomic E-state index is 13.8. The van der Waals surface area contributed by atoms with Gasteiger partial charge >= 0.3 is 6.18 Å². The number of primary amides is 1. The van der Waals surface area contributed by atoms with E-state index < -0.39 is 65.3 Å². The van der Waals surface area contributed by atoms with Crippen LogP contribution in [0.4, 0.5) is 36.4 Å². The van der Waals surface area contributed by atoms with Gasteiger partial charge in [0.1, 0.15) is 32.5 Å². The Morgan fingerprint density at radius 1 is 1.13 bits per heavy atom. The minimum absolute atomic E-state index is 0.0204. The molecule has 5 rings (SSSR count). The van der Waals surface area contributed by atoms with E-state index in [0.717, 1.165) is 12.1 Å². The van der Waals surface area contributed by atoms with Crippen LogP contribution in [0.2, 0.25) is 5.02 Å². The van der Waals surface area contributed by atoms with E-state index in [0.29, 0.717) is 28.3 Å². The fourth-order valence-electron chi connectivity index (χ4n) is 4.54. The van der Waals surface area contributed by atoms with E-state index in [2.05, 4.69) is 20.5 Å². The van der Waals surface area contributed by atoms with Gasteiger partial charge in [-0.25, -0.2) is 22.5 Å². The highest BCUT2D eigenvalue weighted by Crippen LogP contribution is 2.44. The van der Waals surface area contributed by atoms with Gasteiger partial charge in [-0.1, -0.05) is 11.6 Å². The molecule has 0 spiro atoms. The Hall–Kier alpha value is -4.45. The highest BCUT2D eigenvalue weighted by molar-refractivity contribution is 7.21. The molecule has 0 radical (unpaired) electrons. The Balaban J connectivity index is 1.57. The van der Waals surface area contributed by atoms with Crippen molar-refractivity contribution in [3.8, 4) is 11.1 Å². The van der Waals surface area contributed by atoms with E-state index in [1.807, 2.05) is 0 Å². The van der Waals surface area contributed by atoms with Crippen molar-refractivity contribution in [2.45, 2.75) is 46.0 Å². The molecule has 0 aliphatic heterocycles. The number of nitrogens with zero attached hydrogens (tertiary/aromatic N) is 5. The third kappa shape index (κ3) is 5.98. The second kappa shape index (κ2) is 11.8. The van der Waals surface area contributed by atoms with Gasteiger partial charge in [-0.2, -0.15) is 23.4 Å². The molecule has 0 aliphatic rings. The van der Waals surface area contributed by atoms with E-state index in [4.69, 9.17) is 21.8 Å². The molecule has 19 heteroatoms. The average Bonchev–Trinajstić information content (AvgIpc) is 3.72.